The maximum absolute atomic E-state index is 13.9. The predicted octanol–water partition coefficient (Wildman–Crippen LogP) is 2.88. The van der Waals surface area contributed by atoms with Crippen LogP contribution in [0, 0.1) is 5.82 Å². The van der Waals surface area contributed by atoms with Gasteiger partial charge in [0.25, 0.3) is 5.91 Å². The van der Waals surface area contributed by atoms with Gasteiger partial charge in [-0.05, 0) is 36.2 Å². The van der Waals surface area contributed by atoms with E-state index in [1.165, 1.54) is 12.1 Å². The van der Waals surface area contributed by atoms with Gasteiger partial charge in [0, 0.05) is 38.4 Å². The Morgan fingerprint density at radius 2 is 1.58 bits per heavy atom. The largest absolute Gasteiger partial charge is 0.339 e. The van der Waals surface area contributed by atoms with Crippen LogP contribution >= 0.6 is 0 Å². The summed E-state index contributed by atoms with van der Waals surface area (Å²) in [4.78, 5) is 40.1. The molecule has 0 spiro atoms. The van der Waals surface area contributed by atoms with Gasteiger partial charge in [0.05, 0.1) is 12.0 Å². The van der Waals surface area contributed by atoms with Gasteiger partial charge in [-0.3, -0.25) is 9.59 Å². The first-order valence-electron chi connectivity index (χ1n) is 10.4. The normalized spacial score (nSPS) is 13.6. The fraction of sp³-hybridized carbons (Fsp3) is 0.348. The minimum atomic E-state index is -0.535. The number of hydrogen-bond donors (Lipinski definition) is 2. The number of hydrogen-bond acceptors (Lipinski definition) is 3. The van der Waals surface area contributed by atoms with Gasteiger partial charge >= 0.3 is 6.03 Å². The standard InChI is InChI=1S/C23H27FN4O3/c1-2-11-25-23(31)26-18-9-7-17(8-10-18)16-21(29)27-12-14-28(15-13-27)22(30)19-5-3-4-6-20(19)24/h3-10H,2,11-16H2,1H3,(H2,25,26,31). The van der Waals surface area contributed by atoms with Gasteiger partial charge in [-0.25, -0.2) is 9.18 Å². The van der Waals surface area contributed by atoms with Gasteiger partial charge in [-0.15, -0.1) is 0 Å². The van der Waals surface area contributed by atoms with Crippen LogP contribution in [-0.2, 0) is 11.2 Å². The van der Waals surface area contributed by atoms with E-state index in [0.717, 1.165) is 12.0 Å². The molecule has 0 saturated carbocycles. The number of anilines is 1. The van der Waals surface area contributed by atoms with E-state index in [4.69, 9.17) is 0 Å². The Morgan fingerprint density at radius 1 is 0.935 bits per heavy atom. The van der Waals surface area contributed by atoms with Crippen molar-refractivity contribution >= 4 is 23.5 Å². The minimum Gasteiger partial charge on any atom is -0.339 e. The Kier molecular flexibility index (Phi) is 7.59. The number of halogens is 1. The second-order valence-corrected chi connectivity index (χ2v) is 7.41. The Morgan fingerprint density at radius 3 is 2.23 bits per heavy atom. The van der Waals surface area contributed by atoms with E-state index in [-0.39, 0.29) is 29.8 Å². The number of rotatable bonds is 6. The maximum atomic E-state index is 13.9. The summed E-state index contributed by atoms with van der Waals surface area (Å²) in [6.45, 7) is 4.15. The molecule has 2 aromatic carbocycles. The Hall–Kier alpha value is -3.42. The third-order valence-electron chi connectivity index (χ3n) is 5.13. The molecule has 0 bridgehead atoms. The van der Waals surface area contributed by atoms with Crippen molar-refractivity contribution in [1.82, 2.24) is 15.1 Å². The van der Waals surface area contributed by atoms with Crippen molar-refractivity contribution < 1.29 is 18.8 Å². The second-order valence-electron chi connectivity index (χ2n) is 7.41. The van der Waals surface area contributed by atoms with E-state index in [1.54, 1.807) is 34.1 Å². The lowest BCUT2D eigenvalue weighted by Crippen LogP contribution is -2.51. The molecule has 0 aromatic heterocycles. The number of amides is 4. The van der Waals surface area contributed by atoms with Crippen LogP contribution in [0.2, 0.25) is 0 Å². The summed E-state index contributed by atoms with van der Waals surface area (Å²) in [6, 6.07) is 12.8. The molecule has 1 fully saturated rings. The molecule has 2 N–H and O–H groups in total. The molecule has 8 heteroatoms. The molecule has 0 radical (unpaired) electrons. The number of nitrogens with one attached hydrogen (secondary N) is 2. The Bertz CT molecular complexity index is 925. The van der Waals surface area contributed by atoms with E-state index in [0.29, 0.717) is 38.4 Å². The van der Waals surface area contributed by atoms with Crippen molar-refractivity contribution in [2.24, 2.45) is 0 Å². The molecular formula is C23H27FN4O3. The van der Waals surface area contributed by atoms with Gasteiger partial charge in [-0.2, -0.15) is 0 Å². The van der Waals surface area contributed by atoms with Crippen molar-refractivity contribution in [3.8, 4) is 0 Å². The highest BCUT2D eigenvalue weighted by Crippen LogP contribution is 2.14. The second kappa shape index (κ2) is 10.6. The van der Waals surface area contributed by atoms with Gasteiger partial charge in [0.1, 0.15) is 5.82 Å². The monoisotopic (exact) mass is 426 g/mol. The minimum absolute atomic E-state index is 0.0283. The zero-order chi connectivity index (χ0) is 22.2. The highest BCUT2D eigenvalue weighted by Gasteiger charge is 2.26. The average molecular weight is 426 g/mol. The summed E-state index contributed by atoms with van der Waals surface area (Å²) in [6.07, 6.45) is 1.10. The van der Waals surface area contributed by atoms with Crippen LogP contribution in [-0.4, -0.2) is 60.4 Å². The SMILES string of the molecule is CCCNC(=O)Nc1ccc(CC(=O)N2CCN(C(=O)c3ccccc3F)CC2)cc1. The molecule has 1 aliphatic rings. The molecule has 1 heterocycles. The summed E-state index contributed by atoms with van der Waals surface area (Å²) >= 11 is 0. The van der Waals surface area contributed by atoms with Gasteiger partial charge in [0.2, 0.25) is 5.91 Å². The quantitative estimate of drug-likeness (QED) is 0.745. The summed E-state index contributed by atoms with van der Waals surface area (Å²) in [5.74, 6) is -0.914. The number of carbonyl (C=O) groups excluding carboxylic acids is 3. The number of piperazine rings is 1. The van der Waals surface area contributed by atoms with Crippen molar-refractivity contribution in [2.75, 3.05) is 38.0 Å². The molecule has 2 aromatic rings. The molecule has 1 aliphatic heterocycles. The first kappa shape index (κ1) is 22.3. The van der Waals surface area contributed by atoms with Crippen LogP contribution in [0.5, 0.6) is 0 Å². The average Bonchev–Trinajstić information content (AvgIpc) is 2.79. The molecule has 0 unspecified atom stereocenters. The van der Waals surface area contributed by atoms with Crippen LogP contribution in [0.15, 0.2) is 48.5 Å². The smallest absolute Gasteiger partial charge is 0.319 e. The van der Waals surface area contributed by atoms with Crippen LogP contribution in [0.4, 0.5) is 14.9 Å². The fourth-order valence-electron chi connectivity index (χ4n) is 3.37. The predicted molar refractivity (Wildman–Crippen MR) is 116 cm³/mol. The lowest BCUT2D eigenvalue weighted by atomic mass is 10.1. The van der Waals surface area contributed by atoms with Gasteiger partial charge in [0.15, 0.2) is 0 Å². The van der Waals surface area contributed by atoms with E-state index in [2.05, 4.69) is 10.6 Å². The molecule has 164 valence electrons. The van der Waals surface area contributed by atoms with Gasteiger partial charge in [-0.1, -0.05) is 31.2 Å². The highest BCUT2D eigenvalue weighted by atomic mass is 19.1. The lowest BCUT2D eigenvalue weighted by Gasteiger charge is -2.35. The first-order valence-corrected chi connectivity index (χ1v) is 10.4. The first-order chi connectivity index (χ1) is 15.0. The zero-order valence-corrected chi connectivity index (χ0v) is 17.6. The van der Waals surface area contributed by atoms with E-state index >= 15 is 0 Å². The molecule has 1 saturated heterocycles. The van der Waals surface area contributed by atoms with Crippen LogP contribution < -0.4 is 10.6 Å². The summed E-state index contributed by atoms with van der Waals surface area (Å²) in [5, 5.41) is 5.48. The summed E-state index contributed by atoms with van der Waals surface area (Å²) < 4.78 is 13.9. The van der Waals surface area contributed by atoms with Crippen molar-refractivity contribution in [2.45, 2.75) is 19.8 Å². The number of benzene rings is 2. The molecule has 3 rings (SSSR count). The highest BCUT2D eigenvalue weighted by molar-refractivity contribution is 5.94. The van der Waals surface area contributed by atoms with E-state index < -0.39 is 5.82 Å². The molecule has 7 nitrogen and oxygen atoms in total. The molecule has 0 aliphatic carbocycles. The number of carbonyl (C=O) groups is 3. The topological polar surface area (TPSA) is 81.8 Å². The molecule has 31 heavy (non-hydrogen) atoms. The van der Waals surface area contributed by atoms with Crippen molar-refractivity contribution in [1.29, 1.82) is 0 Å². The van der Waals surface area contributed by atoms with E-state index in [1.807, 2.05) is 19.1 Å². The number of nitrogens with zero attached hydrogens (tertiary/aromatic N) is 2. The lowest BCUT2D eigenvalue weighted by molar-refractivity contribution is -0.131. The Balaban J connectivity index is 1.48. The van der Waals surface area contributed by atoms with Gasteiger partial charge < -0.3 is 20.4 Å². The molecule has 0 atom stereocenters. The summed E-state index contributed by atoms with van der Waals surface area (Å²) in [7, 11) is 0. The Labute approximate surface area is 181 Å². The zero-order valence-electron chi connectivity index (χ0n) is 17.6. The van der Waals surface area contributed by atoms with E-state index in [9.17, 15) is 18.8 Å². The third kappa shape index (κ3) is 6.04. The van der Waals surface area contributed by atoms with Crippen LogP contribution in [0.25, 0.3) is 0 Å². The van der Waals surface area contributed by atoms with Crippen LogP contribution in [0.1, 0.15) is 29.3 Å². The van der Waals surface area contributed by atoms with Crippen LogP contribution in [0.3, 0.4) is 0 Å². The molecule has 4 amide bonds. The number of urea groups is 1. The van der Waals surface area contributed by atoms with Crippen molar-refractivity contribution in [3.63, 3.8) is 0 Å². The molecular weight excluding hydrogens is 399 g/mol. The fourth-order valence-corrected chi connectivity index (χ4v) is 3.37. The van der Waals surface area contributed by atoms with Crippen molar-refractivity contribution in [3.05, 3.63) is 65.5 Å². The third-order valence-corrected chi connectivity index (χ3v) is 5.13. The maximum Gasteiger partial charge on any atom is 0.319 e. The summed E-state index contributed by atoms with van der Waals surface area (Å²) in [5.41, 5.74) is 1.55.